The van der Waals surface area contributed by atoms with Gasteiger partial charge in [0.1, 0.15) is 0 Å². The van der Waals surface area contributed by atoms with Gasteiger partial charge in [-0.1, -0.05) is 0 Å². The molecule has 0 spiro atoms. The van der Waals surface area contributed by atoms with Crippen LogP contribution in [-0.2, 0) is 9.84 Å². The highest BCUT2D eigenvalue weighted by Crippen LogP contribution is 2.17. The quantitative estimate of drug-likeness (QED) is 0.547. The first-order chi connectivity index (χ1) is 7.09. The highest BCUT2D eigenvalue weighted by molar-refractivity contribution is 7.91. The summed E-state index contributed by atoms with van der Waals surface area (Å²) in [5.74, 6) is 0.0669. The highest BCUT2D eigenvalue weighted by Gasteiger charge is 2.36. The number of hydrogen-bond donors (Lipinski definition) is 2. The second-order valence-electron chi connectivity index (χ2n) is 5.05. The normalized spacial score (nSPS) is 28.8. The Labute approximate surface area is 107 Å². The van der Waals surface area contributed by atoms with Gasteiger partial charge in [0.15, 0.2) is 14.9 Å². The molecular weight excluding hydrogens is 268 g/mol. The number of sulfone groups is 1. The van der Waals surface area contributed by atoms with Gasteiger partial charge >= 0.3 is 0 Å². The number of thiocarbonyl (C=S) groups is 1. The molecule has 0 amide bonds. The van der Waals surface area contributed by atoms with E-state index in [-0.39, 0.29) is 23.1 Å². The Hall–Kier alpha value is -0.0700. The summed E-state index contributed by atoms with van der Waals surface area (Å²) in [5.41, 5.74) is -0.149. The number of nitrogens with one attached hydrogen (secondary N) is 2. The third-order valence-electron chi connectivity index (χ3n) is 2.09. The summed E-state index contributed by atoms with van der Waals surface area (Å²) in [7, 11) is -3.02. The molecule has 0 aromatic rings. The van der Waals surface area contributed by atoms with E-state index in [9.17, 15) is 8.42 Å². The Morgan fingerprint density at radius 1 is 1.38 bits per heavy atom. The van der Waals surface area contributed by atoms with Crippen LogP contribution in [0.3, 0.4) is 0 Å². The monoisotopic (exact) mass is 284 g/mol. The molecule has 16 heavy (non-hydrogen) atoms. The minimum Gasteiger partial charge on any atom is -0.358 e. The van der Waals surface area contributed by atoms with Crippen LogP contribution in [0.1, 0.15) is 20.8 Å². The molecule has 0 bridgehead atoms. The van der Waals surface area contributed by atoms with Gasteiger partial charge in [-0.15, -0.1) is 11.6 Å². The van der Waals surface area contributed by atoms with Crippen molar-refractivity contribution in [2.75, 3.05) is 11.5 Å². The molecule has 1 rings (SSSR count). The maximum atomic E-state index is 11.3. The van der Waals surface area contributed by atoms with Crippen LogP contribution < -0.4 is 10.6 Å². The molecule has 94 valence electrons. The molecule has 0 aromatic carbocycles. The van der Waals surface area contributed by atoms with Gasteiger partial charge < -0.3 is 10.6 Å². The van der Waals surface area contributed by atoms with E-state index in [0.29, 0.717) is 5.11 Å². The van der Waals surface area contributed by atoms with Gasteiger partial charge in [-0.2, -0.15) is 0 Å². The lowest BCUT2D eigenvalue weighted by molar-refractivity contribution is 0.501. The fourth-order valence-corrected chi connectivity index (χ4v) is 4.49. The first-order valence-corrected chi connectivity index (χ1v) is 7.69. The van der Waals surface area contributed by atoms with Crippen molar-refractivity contribution in [2.24, 2.45) is 0 Å². The van der Waals surface area contributed by atoms with Gasteiger partial charge in [0.2, 0.25) is 0 Å². The lowest BCUT2D eigenvalue weighted by atomic mass is 10.1. The second-order valence-corrected chi connectivity index (χ2v) is 8.17. The van der Waals surface area contributed by atoms with Gasteiger partial charge in [0.05, 0.1) is 22.9 Å². The summed E-state index contributed by atoms with van der Waals surface area (Å²) < 4.78 is 22.7. The predicted molar refractivity (Wildman–Crippen MR) is 70.7 cm³/mol. The molecular formula is C9H17ClN2O2S2. The molecule has 1 aliphatic rings. The van der Waals surface area contributed by atoms with Crippen molar-refractivity contribution in [3.63, 3.8) is 0 Å². The number of rotatable bonds is 1. The summed E-state index contributed by atoms with van der Waals surface area (Å²) in [4.78, 5) is 0. The van der Waals surface area contributed by atoms with Crippen molar-refractivity contribution >= 4 is 38.8 Å². The Morgan fingerprint density at radius 2 is 1.94 bits per heavy atom. The summed E-state index contributed by atoms with van der Waals surface area (Å²) >= 11 is 11.0. The van der Waals surface area contributed by atoms with E-state index in [2.05, 4.69) is 10.6 Å². The molecule has 1 aliphatic heterocycles. The van der Waals surface area contributed by atoms with E-state index in [1.165, 1.54) is 0 Å². The van der Waals surface area contributed by atoms with E-state index in [0.717, 1.165) is 0 Å². The summed E-state index contributed by atoms with van der Waals surface area (Å²) in [6, 6.07) is -0.297. The summed E-state index contributed by atoms with van der Waals surface area (Å²) in [6.45, 7) is 5.93. The number of hydrogen-bond acceptors (Lipinski definition) is 3. The first-order valence-electron chi connectivity index (χ1n) is 5.02. The standard InChI is InChI=1S/C9H17ClN2O2S2/c1-9(2,3)12-8(15)11-7-5-16(13,14)4-6(7)10/h6-7H,4-5H2,1-3H3,(H2,11,12,15)/t6-,7+/m0/s1. The van der Waals surface area contributed by atoms with Crippen LogP contribution >= 0.6 is 23.8 Å². The van der Waals surface area contributed by atoms with E-state index in [1.807, 2.05) is 20.8 Å². The Bertz CT molecular complexity index is 375. The zero-order valence-corrected chi connectivity index (χ0v) is 12.0. The van der Waals surface area contributed by atoms with Gasteiger partial charge in [-0.3, -0.25) is 0 Å². The smallest absolute Gasteiger partial charge is 0.166 e. The molecule has 2 atom stereocenters. The van der Waals surface area contributed by atoms with Crippen molar-refractivity contribution in [3.8, 4) is 0 Å². The second kappa shape index (κ2) is 4.66. The maximum Gasteiger partial charge on any atom is 0.166 e. The molecule has 2 N–H and O–H groups in total. The van der Waals surface area contributed by atoms with E-state index >= 15 is 0 Å². The molecule has 1 heterocycles. The third-order valence-corrected chi connectivity index (χ3v) is 4.68. The summed E-state index contributed by atoms with van der Waals surface area (Å²) in [5, 5.41) is 6.04. The topological polar surface area (TPSA) is 58.2 Å². The van der Waals surface area contributed by atoms with Crippen molar-refractivity contribution < 1.29 is 8.42 Å². The molecule has 7 heteroatoms. The fourth-order valence-electron chi connectivity index (χ4n) is 1.48. The SMILES string of the molecule is CC(C)(C)NC(=S)N[C@@H]1CS(=O)(=O)C[C@@H]1Cl. The zero-order chi connectivity index (χ0) is 12.6. The number of halogens is 1. The van der Waals surface area contributed by atoms with Crippen molar-refractivity contribution in [1.29, 1.82) is 0 Å². The minimum atomic E-state index is -3.02. The molecule has 0 aromatic heterocycles. The first kappa shape index (κ1) is 14.0. The Morgan fingerprint density at radius 3 is 2.31 bits per heavy atom. The van der Waals surface area contributed by atoms with Gasteiger partial charge in [0, 0.05) is 5.54 Å². The van der Waals surface area contributed by atoms with Crippen LogP contribution in [0, 0.1) is 0 Å². The Kier molecular flexibility index (Phi) is 4.08. The molecule has 0 aliphatic carbocycles. The maximum absolute atomic E-state index is 11.3. The van der Waals surface area contributed by atoms with Gasteiger partial charge in [0.25, 0.3) is 0 Å². The fraction of sp³-hybridized carbons (Fsp3) is 0.889. The van der Waals surface area contributed by atoms with Crippen LogP contribution in [0.2, 0.25) is 0 Å². The highest BCUT2D eigenvalue weighted by atomic mass is 35.5. The van der Waals surface area contributed by atoms with Crippen LogP contribution in [0.25, 0.3) is 0 Å². The lowest BCUT2D eigenvalue weighted by Gasteiger charge is -2.25. The zero-order valence-electron chi connectivity index (χ0n) is 9.58. The van der Waals surface area contributed by atoms with Crippen LogP contribution in [-0.4, -0.2) is 42.0 Å². The molecule has 0 radical (unpaired) electrons. The van der Waals surface area contributed by atoms with Gasteiger partial charge in [-0.25, -0.2) is 8.42 Å². The average Bonchev–Trinajstić information content (AvgIpc) is 2.19. The molecule has 0 unspecified atom stereocenters. The third kappa shape index (κ3) is 4.43. The van der Waals surface area contributed by atoms with Crippen LogP contribution in [0.15, 0.2) is 0 Å². The Balaban J connectivity index is 2.53. The average molecular weight is 285 g/mol. The minimum absolute atomic E-state index is 0.0182. The van der Waals surface area contributed by atoms with Crippen molar-refractivity contribution in [3.05, 3.63) is 0 Å². The molecule has 0 saturated carbocycles. The number of alkyl halides is 1. The van der Waals surface area contributed by atoms with E-state index < -0.39 is 15.2 Å². The molecule has 1 saturated heterocycles. The predicted octanol–water partition coefficient (Wildman–Crippen LogP) is 0.653. The van der Waals surface area contributed by atoms with Crippen LogP contribution in [0.4, 0.5) is 0 Å². The van der Waals surface area contributed by atoms with Crippen molar-refractivity contribution in [2.45, 2.75) is 37.7 Å². The largest absolute Gasteiger partial charge is 0.358 e. The molecule has 4 nitrogen and oxygen atoms in total. The molecule has 1 fully saturated rings. The van der Waals surface area contributed by atoms with Gasteiger partial charge in [-0.05, 0) is 33.0 Å². The lowest BCUT2D eigenvalue weighted by Crippen LogP contribution is -2.51. The van der Waals surface area contributed by atoms with E-state index in [4.69, 9.17) is 23.8 Å². The van der Waals surface area contributed by atoms with Crippen LogP contribution in [0.5, 0.6) is 0 Å². The summed E-state index contributed by atoms with van der Waals surface area (Å²) in [6.07, 6.45) is 0. The van der Waals surface area contributed by atoms with E-state index in [1.54, 1.807) is 0 Å². The van der Waals surface area contributed by atoms with Crippen molar-refractivity contribution in [1.82, 2.24) is 10.6 Å².